The summed E-state index contributed by atoms with van der Waals surface area (Å²) in [5.74, 6) is 0.860. The number of benzene rings is 2. The molecular formula is C22H24FN3O4S. The molecule has 0 fully saturated rings. The van der Waals surface area contributed by atoms with Crippen molar-refractivity contribution in [3.8, 4) is 17.0 Å². The molecule has 0 amide bonds. The molecule has 4 rings (SSSR count). The number of rotatable bonds is 6. The zero-order valence-electron chi connectivity index (χ0n) is 17.6. The van der Waals surface area contributed by atoms with Gasteiger partial charge in [0.05, 0.1) is 23.8 Å². The number of nitrogens with zero attached hydrogens (tertiary/aromatic N) is 3. The first-order valence-electron chi connectivity index (χ1n) is 9.85. The maximum atomic E-state index is 14.6. The minimum atomic E-state index is -3.83. The van der Waals surface area contributed by atoms with Crippen molar-refractivity contribution in [1.82, 2.24) is 13.9 Å². The van der Waals surface area contributed by atoms with Crippen LogP contribution < -0.4 is 4.74 Å². The van der Waals surface area contributed by atoms with Gasteiger partial charge in [-0.15, -0.1) is 0 Å². The van der Waals surface area contributed by atoms with E-state index in [9.17, 15) is 12.8 Å². The first-order chi connectivity index (χ1) is 14.8. The predicted molar refractivity (Wildman–Crippen MR) is 114 cm³/mol. The monoisotopic (exact) mass is 445 g/mol. The lowest BCUT2D eigenvalue weighted by Gasteiger charge is -2.20. The quantitative estimate of drug-likeness (QED) is 0.581. The van der Waals surface area contributed by atoms with E-state index in [1.807, 2.05) is 11.5 Å². The Balaban J connectivity index is 1.62. The standard InChI is InChI=1S/C22H24FN3O4S/c1-15-11-26-13-21(24-22(26)14-30-15)19-10-18(8-9-20(19)23)31(27,28)25(2)12-16-4-6-17(29-3)7-5-16/h4-10,13,15H,11-12,14H2,1-3H3. The normalized spacial score (nSPS) is 16.4. The zero-order valence-corrected chi connectivity index (χ0v) is 18.4. The van der Waals surface area contributed by atoms with Crippen LogP contribution in [0, 0.1) is 5.82 Å². The molecule has 0 bridgehead atoms. The van der Waals surface area contributed by atoms with Gasteiger partial charge in [-0.1, -0.05) is 12.1 Å². The maximum Gasteiger partial charge on any atom is 0.243 e. The van der Waals surface area contributed by atoms with E-state index < -0.39 is 15.8 Å². The minimum absolute atomic E-state index is 0.00972. The summed E-state index contributed by atoms with van der Waals surface area (Å²) in [5.41, 5.74) is 1.35. The summed E-state index contributed by atoms with van der Waals surface area (Å²) in [6, 6.07) is 10.9. The van der Waals surface area contributed by atoms with Crippen LogP contribution in [0.15, 0.2) is 53.6 Å². The van der Waals surface area contributed by atoms with Gasteiger partial charge >= 0.3 is 0 Å². The molecule has 1 aliphatic rings. The molecule has 2 aromatic carbocycles. The molecule has 0 radical (unpaired) electrons. The summed E-state index contributed by atoms with van der Waals surface area (Å²) in [4.78, 5) is 4.46. The van der Waals surface area contributed by atoms with E-state index in [0.717, 1.165) is 5.56 Å². The molecule has 1 aromatic heterocycles. The van der Waals surface area contributed by atoms with Crippen molar-refractivity contribution < 1.29 is 22.3 Å². The molecule has 0 N–H and O–H groups in total. The van der Waals surface area contributed by atoms with Crippen molar-refractivity contribution in [2.24, 2.45) is 0 Å². The number of ether oxygens (including phenoxy) is 2. The predicted octanol–water partition coefficient (Wildman–Crippen LogP) is 3.44. The fourth-order valence-corrected chi connectivity index (χ4v) is 4.70. The van der Waals surface area contributed by atoms with Crippen LogP contribution in [0.2, 0.25) is 0 Å². The Morgan fingerprint density at radius 2 is 2.00 bits per heavy atom. The van der Waals surface area contributed by atoms with Gasteiger partial charge in [0.15, 0.2) is 0 Å². The molecule has 1 atom stereocenters. The van der Waals surface area contributed by atoms with Gasteiger partial charge in [-0.3, -0.25) is 0 Å². The van der Waals surface area contributed by atoms with Crippen LogP contribution in [0.4, 0.5) is 4.39 Å². The number of methoxy groups -OCH3 is 1. The van der Waals surface area contributed by atoms with E-state index in [1.54, 1.807) is 37.6 Å². The van der Waals surface area contributed by atoms with E-state index in [2.05, 4.69) is 4.98 Å². The van der Waals surface area contributed by atoms with Crippen molar-refractivity contribution >= 4 is 10.0 Å². The smallest absolute Gasteiger partial charge is 0.243 e. The average Bonchev–Trinajstić information content (AvgIpc) is 3.17. The summed E-state index contributed by atoms with van der Waals surface area (Å²) < 4.78 is 54.7. The molecule has 1 aliphatic heterocycles. The number of halogens is 1. The molecule has 9 heteroatoms. The van der Waals surface area contributed by atoms with E-state index in [4.69, 9.17) is 9.47 Å². The van der Waals surface area contributed by atoms with Gasteiger partial charge in [0.2, 0.25) is 10.0 Å². The third kappa shape index (κ3) is 4.34. The Morgan fingerprint density at radius 1 is 1.26 bits per heavy atom. The second-order valence-corrected chi connectivity index (χ2v) is 9.61. The fraction of sp³-hybridized carbons (Fsp3) is 0.318. The first-order valence-corrected chi connectivity index (χ1v) is 11.3. The van der Waals surface area contributed by atoms with Gasteiger partial charge < -0.3 is 14.0 Å². The van der Waals surface area contributed by atoms with Gasteiger partial charge in [-0.05, 0) is 42.8 Å². The highest BCUT2D eigenvalue weighted by atomic mass is 32.2. The highest BCUT2D eigenvalue weighted by molar-refractivity contribution is 7.89. The molecule has 0 saturated heterocycles. The van der Waals surface area contributed by atoms with Crippen molar-refractivity contribution in [3.05, 3.63) is 65.9 Å². The lowest BCUT2D eigenvalue weighted by molar-refractivity contribution is 0.0140. The fourth-order valence-electron chi connectivity index (χ4n) is 3.52. The molecule has 1 unspecified atom stereocenters. The highest BCUT2D eigenvalue weighted by Gasteiger charge is 2.24. The highest BCUT2D eigenvalue weighted by Crippen LogP contribution is 2.28. The van der Waals surface area contributed by atoms with E-state index in [0.29, 0.717) is 30.4 Å². The summed E-state index contributed by atoms with van der Waals surface area (Å²) in [6.45, 7) is 3.08. The molecule has 7 nitrogen and oxygen atoms in total. The van der Waals surface area contributed by atoms with Crippen LogP contribution in [0.25, 0.3) is 11.3 Å². The Kier molecular flexibility index (Phi) is 5.83. The van der Waals surface area contributed by atoms with Gasteiger partial charge in [0, 0.05) is 31.9 Å². The molecule has 2 heterocycles. The molecule has 0 aliphatic carbocycles. The van der Waals surface area contributed by atoms with Gasteiger partial charge in [-0.25, -0.2) is 17.8 Å². The largest absolute Gasteiger partial charge is 0.497 e. The number of hydrogen-bond acceptors (Lipinski definition) is 5. The first kappa shape index (κ1) is 21.5. The Morgan fingerprint density at radius 3 is 2.71 bits per heavy atom. The van der Waals surface area contributed by atoms with Crippen LogP contribution in [-0.2, 0) is 34.5 Å². The van der Waals surface area contributed by atoms with Gasteiger partial charge in [-0.2, -0.15) is 4.31 Å². The lowest BCUT2D eigenvalue weighted by atomic mass is 10.1. The zero-order chi connectivity index (χ0) is 22.2. The number of hydrogen-bond donors (Lipinski definition) is 0. The third-order valence-corrected chi connectivity index (χ3v) is 7.10. The van der Waals surface area contributed by atoms with Crippen molar-refractivity contribution in [1.29, 1.82) is 0 Å². The molecular weight excluding hydrogens is 421 g/mol. The topological polar surface area (TPSA) is 73.7 Å². The second kappa shape index (κ2) is 8.41. The number of aromatic nitrogens is 2. The van der Waals surface area contributed by atoms with Crippen LogP contribution in [0.1, 0.15) is 18.3 Å². The number of sulfonamides is 1. The number of fused-ring (bicyclic) bond motifs is 1. The summed E-state index contributed by atoms with van der Waals surface area (Å²) >= 11 is 0. The van der Waals surface area contributed by atoms with E-state index in [1.165, 1.54) is 29.6 Å². The SMILES string of the molecule is COc1ccc(CN(C)S(=O)(=O)c2ccc(F)c(-c3cn4c(n3)COC(C)C4)c2)cc1. The van der Waals surface area contributed by atoms with Crippen molar-refractivity contribution in [3.63, 3.8) is 0 Å². The molecule has 0 saturated carbocycles. The maximum absolute atomic E-state index is 14.6. The van der Waals surface area contributed by atoms with Crippen LogP contribution >= 0.6 is 0 Å². The molecule has 164 valence electrons. The second-order valence-electron chi connectivity index (χ2n) is 7.57. The summed E-state index contributed by atoms with van der Waals surface area (Å²) in [7, 11) is -0.767. The molecule has 3 aromatic rings. The van der Waals surface area contributed by atoms with E-state index in [-0.39, 0.29) is 23.1 Å². The minimum Gasteiger partial charge on any atom is -0.497 e. The van der Waals surface area contributed by atoms with Crippen LogP contribution in [-0.4, -0.2) is 42.5 Å². The van der Waals surface area contributed by atoms with Gasteiger partial charge in [0.25, 0.3) is 0 Å². The summed E-state index contributed by atoms with van der Waals surface area (Å²) in [6.07, 6.45) is 1.78. The average molecular weight is 446 g/mol. The summed E-state index contributed by atoms with van der Waals surface area (Å²) in [5, 5.41) is 0. The third-order valence-electron chi connectivity index (χ3n) is 5.30. The van der Waals surface area contributed by atoms with E-state index >= 15 is 0 Å². The molecule has 0 spiro atoms. The lowest BCUT2D eigenvalue weighted by Crippen LogP contribution is -2.26. The Hall–Kier alpha value is -2.75. The van der Waals surface area contributed by atoms with Crippen LogP contribution in [0.3, 0.4) is 0 Å². The van der Waals surface area contributed by atoms with Gasteiger partial charge in [0.1, 0.15) is 24.0 Å². The number of imidazole rings is 1. The molecule has 31 heavy (non-hydrogen) atoms. The van der Waals surface area contributed by atoms with Crippen LogP contribution in [0.5, 0.6) is 5.75 Å². The van der Waals surface area contributed by atoms with Crippen molar-refractivity contribution in [2.45, 2.75) is 37.6 Å². The Labute approximate surface area is 181 Å². The van der Waals surface area contributed by atoms with Crippen molar-refractivity contribution in [2.75, 3.05) is 14.2 Å². The Bertz CT molecular complexity index is 1190.